The molecule has 1 aliphatic heterocycles. The van der Waals surface area contributed by atoms with Gasteiger partial charge in [-0.1, -0.05) is 12.1 Å². The van der Waals surface area contributed by atoms with E-state index in [4.69, 9.17) is 16.2 Å². The Balaban J connectivity index is 1.64. The quantitative estimate of drug-likeness (QED) is 0.0561. The highest BCUT2D eigenvalue weighted by Gasteiger charge is 2.31. The lowest BCUT2D eigenvalue weighted by atomic mass is 10.1. The first-order valence-electron chi connectivity index (χ1n) is 15.2. The maximum absolute atomic E-state index is 13.4. The number of imide groups is 1. The molecule has 1 aromatic carbocycles. The molecule has 1 aromatic rings. The number of hydrogen-bond acceptors (Lipinski definition) is 9. The minimum Gasteiger partial charge on any atom is -0.461 e. The normalized spacial score (nSPS) is 14.9. The number of nitrogens with two attached hydrogens (primary N) is 2. The number of amides is 9. The number of nitrogens with one attached hydrogen (secondary N) is 5. The van der Waals surface area contributed by atoms with Gasteiger partial charge >= 0.3 is 18.0 Å². The Labute approximate surface area is 270 Å². The lowest BCUT2D eigenvalue weighted by molar-refractivity contribution is -0.146. The van der Waals surface area contributed by atoms with Gasteiger partial charge in [0.05, 0.1) is 5.92 Å². The molecule has 0 bridgehead atoms. The Hall–Kier alpha value is -5.48. The molecule has 17 heteroatoms. The molecule has 2 atom stereocenters. The van der Waals surface area contributed by atoms with Gasteiger partial charge in [-0.2, -0.15) is 0 Å². The summed E-state index contributed by atoms with van der Waals surface area (Å²) in [5.74, 6) is -3.29. The molecule has 17 nitrogen and oxygen atoms in total. The van der Waals surface area contributed by atoms with Gasteiger partial charge < -0.3 is 42.8 Å². The molecule has 1 aliphatic carbocycles. The highest BCUT2D eigenvalue weighted by atomic mass is 16.5. The minimum absolute atomic E-state index is 0.0255. The van der Waals surface area contributed by atoms with Crippen molar-refractivity contribution in [3.8, 4) is 0 Å². The largest absolute Gasteiger partial charge is 0.461 e. The average Bonchev–Trinajstić information content (AvgIpc) is 3.83. The fourth-order valence-corrected chi connectivity index (χ4v) is 4.48. The number of carbonyl (C=O) groups is 8. The topological polar surface area (TPSA) is 261 Å². The monoisotopic (exact) mass is 656 g/mol. The predicted molar refractivity (Wildman–Crippen MR) is 166 cm³/mol. The Morgan fingerprint density at radius 3 is 1.89 bits per heavy atom. The SMILES string of the molecule is NC(=O)NCCC[C@H](NC(=O)CCN1C(=O)C=CC1=O)C(=O)N[C@@H](CCCNC(N)=O)C(=O)Nc1ccc(COC(=O)C2CC2)cc1. The van der Waals surface area contributed by atoms with E-state index in [1.54, 1.807) is 24.3 Å². The first-order valence-corrected chi connectivity index (χ1v) is 15.2. The number of urea groups is 2. The van der Waals surface area contributed by atoms with Gasteiger partial charge in [-0.15, -0.1) is 0 Å². The molecule has 0 radical (unpaired) electrons. The highest BCUT2D eigenvalue weighted by molar-refractivity contribution is 6.13. The van der Waals surface area contributed by atoms with Crippen molar-refractivity contribution < 1.29 is 43.1 Å². The Bertz CT molecular complexity index is 1360. The number of anilines is 1. The number of ether oxygens (including phenoxy) is 1. The van der Waals surface area contributed by atoms with Crippen molar-refractivity contribution in [2.24, 2.45) is 17.4 Å². The summed E-state index contributed by atoms with van der Waals surface area (Å²) in [7, 11) is 0. The maximum Gasteiger partial charge on any atom is 0.312 e. The van der Waals surface area contributed by atoms with E-state index in [0.29, 0.717) is 5.69 Å². The lowest BCUT2D eigenvalue weighted by Gasteiger charge is -2.24. The Kier molecular flexibility index (Phi) is 13.7. The molecular formula is C30H40N8O9. The van der Waals surface area contributed by atoms with Gasteiger partial charge in [-0.05, 0) is 56.2 Å². The van der Waals surface area contributed by atoms with Gasteiger partial charge in [-0.25, -0.2) is 9.59 Å². The molecule has 0 spiro atoms. The summed E-state index contributed by atoms with van der Waals surface area (Å²) >= 11 is 0. The van der Waals surface area contributed by atoms with Gasteiger partial charge in [-0.3, -0.25) is 33.7 Å². The number of rotatable bonds is 19. The van der Waals surface area contributed by atoms with Crippen LogP contribution in [0.15, 0.2) is 36.4 Å². The number of hydrogen-bond donors (Lipinski definition) is 7. The van der Waals surface area contributed by atoms with Crippen LogP contribution in [0.4, 0.5) is 15.3 Å². The fraction of sp³-hybridized carbons (Fsp3) is 0.467. The van der Waals surface area contributed by atoms with Crippen LogP contribution in [-0.4, -0.2) is 84.2 Å². The summed E-state index contributed by atoms with van der Waals surface area (Å²) in [6.07, 6.45) is 4.20. The van der Waals surface area contributed by atoms with Crippen molar-refractivity contribution in [1.29, 1.82) is 0 Å². The average molecular weight is 657 g/mol. The summed E-state index contributed by atoms with van der Waals surface area (Å²) in [5, 5.41) is 12.7. The number of esters is 1. The number of nitrogens with zero attached hydrogens (tertiary/aromatic N) is 1. The molecule has 1 heterocycles. The van der Waals surface area contributed by atoms with Gasteiger partial charge in [0.1, 0.15) is 18.7 Å². The molecule has 254 valence electrons. The lowest BCUT2D eigenvalue weighted by Crippen LogP contribution is -2.53. The molecule has 1 fully saturated rings. The molecule has 2 aliphatic rings. The summed E-state index contributed by atoms with van der Waals surface area (Å²) in [5.41, 5.74) is 11.3. The summed E-state index contributed by atoms with van der Waals surface area (Å²) in [6.45, 7) is 0.132. The second-order valence-electron chi connectivity index (χ2n) is 11.0. The van der Waals surface area contributed by atoms with E-state index < -0.39 is 53.7 Å². The molecule has 1 saturated carbocycles. The van der Waals surface area contributed by atoms with Gasteiger partial charge in [0.2, 0.25) is 17.7 Å². The van der Waals surface area contributed by atoms with E-state index >= 15 is 0 Å². The third-order valence-electron chi connectivity index (χ3n) is 7.20. The van der Waals surface area contributed by atoms with Crippen molar-refractivity contribution >= 4 is 53.3 Å². The predicted octanol–water partition coefficient (Wildman–Crippen LogP) is -0.740. The third kappa shape index (κ3) is 12.8. The molecule has 0 aromatic heterocycles. The number of carbonyl (C=O) groups excluding carboxylic acids is 8. The second-order valence-corrected chi connectivity index (χ2v) is 11.0. The maximum atomic E-state index is 13.4. The molecule has 9 amide bonds. The van der Waals surface area contributed by atoms with E-state index in [0.717, 1.165) is 35.5 Å². The first-order chi connectivity index (χ1) is 22.4. The van der Waals surface area contributed by atoms with E-state index in [1.807, 2.05) is 0 Å². The second kappa shape index (κ2) is 17.9. The van der Waals surface area contributed by atoms with Crippen LogP contribution in [0.1, 0.15) is 50.5 Å². The zero-order chi connectivity index (χ0) is 34.3. The van der Waals surface area contributed by atoms with E-state index in [9.17, 15) is 38.4 Å². The summed E-state index contributed by atoms with van der Waals surface area (Å²) in [4.78, 5) is 97.9. The Morgan fingerprint density at radius 1 is 0.809 bits per heavy atom. The van der Waals surface area contributed by atoms with Crippen molar-refractivity contribution in [1.82, 2.24) is 26.2 Å². The number of benzene rings is 1. The summed E-state index contributed by atoms with van der Waals surface area (Å²) < 4.78 is 5.27. The van der Waals surface area contributed by atoms with E-state index in [-0.39, 0.29) is 70.2 Å². The molecule has 3 rings (SSSR count). The van der Waals surface area contributed by atoms with Crippen molar-refractivity contribution in [3.63, 3.8) is 0 Å². The van der Waals surface area contributed by atoms with Crippen LogP contribution in [0, 0.1) is 5.92 Å². The summed E-state index contributed by atoms with van der Waals surface area (Å²) in [6, 6.07) is 2.83. The van der Waals surface area contributed by atoms with Crippen LogP contribution < -0.4 is 38.1 Å². The Morgan fingerprint density at radius 2 is 1.36 bits per heavy atom. The van der Waals surface area contributed by atoms with Crippen LogP contribution in [0.25, 0.3) is 0 Å². The van der Waals surface area contributed by atoms with Crippen molar-refractivity contribution in [2.75, 3.05) is 25.0 Å². The molecule has 0 saturated heterocycles. The standard InChI is InChI=1S/C30H40N8O9/c31-29(45)33-14-1-3-21(36-23(39)13-16-38-24(40)11-12-25(38)41)27(43)37-22(4-2-15-34-30(32)46)26(42)35-20-9-5-18(6-10-20)17-47-28(44)19-7-8-19/h5-6,9-12,19,21-22H,1-4,7-8,13-17H2,(H,35,42)(H,36,39)(H,37,43)(H3,31,33,45)(H3,32,34,46)/t21-,22-/m0/s1. The zero-order valence-electron chi connectivity index (χ0n) is 25.8. The first kappa shape index (κ1) is 36.0. The van der Waals surface area contributed by atoms with Gasteiger partial charge in [0, 0.05) is 43.9 Å². The fourth-order valence-electron chi connectivity index (χ4n) is 4.48. The van der Waals surface area contributed by atoms with Crippen molar-refractivity contribution in [2.45, 2.75) is 63.6 Å². The van der Waals surface area contributed by atoms with Crippen molar-refractivity contribution in [3.05, 3.63) is 42.0 Å². The minimum atomic E-state index is -1.16. The third-order valence-corrected chi connectivity index (χ3v) is 7.20. The van der Waals surface area contributed by atoms with Crippen LogP contribution in [0.5, 0.6) is 0 Å². The molecular weight excluding hydrogens is 616 g/mol. The van der Waals surface area contributed by atoms with Crippen LogP contribution in [-0.2, 0) is 40.1 Å². The zero-order valence-corrected chi connectivity index (χ0v) is 25.8. The molecule has 47 heavy (non-hydrogen) atoms. The van der Waals surface area contributed by atoms with Crippen LogP contribution in [0.3, 0.4) is 0 Å². The van der Waals surface area contributed by atoms with Gasteiger partial charge in [0.25, 0.3) is 11.8 Å². The van der Waals surface area contributed by atoms with E-state index in [2.05, 4.69) is 26.6 Å². The van der Waals surface area contributed by atoms with Crippen LogP contribution in [0.2, 0.25) is 0 Å². The molecule has 9 N–H and O–H groups in total. The molecule has 0 unspecified atom stereocenters. The van der Waals surface area contributed by atoms with E-state index in [1.165, 1.54) is 0 Å². The number of primary amides is 2. The van der Waals surface area contributed by atoms with Gasteiger partial charge in [0.15, 0.2) is 0 Å². The highest BCUT2D eigenvalue weighted by Crippen LogP contribution is 2.30. The smallest absolute Gasteiger partial charge is 0.312 e. The van der Waals surface area contributed by atoms with Crippen LogP contribution >= 0.6 is 0 Å².